The number of ether oxygens (including phenoxy) is 1. The number of nitro groups is 1. The first-order valence-corrected chi connectivity index (χ1v) is 6.82. The summed E-state index contributed by atoms with van der Waals surface area (Å²) in [6.07, 6.45) is 1.86. The number of hydrogen-bond donors (Lipinski definition) is 1. The van der Waals surface area contributed by atoms with Gasteiger partial charge in [0.2, 0.25) is 0 Å². The Hall–Kier alpha value is -1.82. The number of benzene rings is 1. The number of nitrogens with zero attached hydrogens (tertiary/aromatic N) is 2. The first kappa shape index (κ1) is 16.2. The molecule has 0 aliphatic heterocycles. The number of anilines is 2. The van der Waals surface area contributed by atoms with Crippen LogP contribution in [0.4, 0.5) is 17.1 Å². The van der Waals surface area contributed by atoms with E-state index in [1.54, 1.807) is 19.2 Å². The van der Waals surface area contributed by atoms with E-state index in [1.165, 1.54) is 0 Å². The summed E-state index contributed by atoms with van der Waals surface area (Å²) in [4.78, 5) is 12.6. The summed E-state index contributed by atoms with van der Waals surface area (Å²) >= 11 is 0. The molecule has 0 atom stereocenters. The van der Waals surface area contributed by atoms with Crippen LogP contribution in [-0.2, 0) is 4.74 Å². The van der Waals surface area contributed by atoms with Gasteiger partial charge >= 0.3 is 0 Å². The number of hydrogen-bond acceptors (Lipinski definition) is 5. The molecule has 0 aliphatic rings. The maximum Gasteiger partial charge on any atom is 0.273 e. The van der Waals surface area contributed by atoms with E-state index in [4.69, 9.17) is 4.74 Å². The lowest BCUT2D eigenvalue weighted by molar-refractivity contribution is -0.384. The zero-order valence-electron chi connectivity index (χ0n) is 12.4. The zero-order valence-corrected chi connectivity index (χ0v) is 12.4. The molecule has 0 radical (unpaired) electrons. The Morgan fingerprint density at radius 2 is 2.15 bits per heavy atom. The Labute approximate surface area is 119 Å². The van der Waals surface area contributed by atoms with Crippen LogP contribution in [0.3, 0.4) is 0 Å². The van der Waals surface area contributed by atoms with Gasteiger partial charge in [-0.3, -0.25) is 10.1 Å². The van der Waals surface area contributed by atoms with Crippen LogP contribution >= 0.6 is 0 Å². The minimum absolute atomic E-state index is 0.111. The Balaban J connectivity index is 2.86. The summed E-state index contributed by atoms with van der Waals surface area (Å²) in [6.45, 7) is 4.33. The first-order valence-electron chi connectivity index (χ1n) is 6.82. The fourth-order valence-corrected chi connectivity index (χ4v) is 1.87. The van der Waals surface area contributed by atoms with Crippen molar-refractivity contribution in [2.75, 3.05) is 44.1 Å². The summed E-state index contributed by atoms with van der Waals surface area (Å²) in [5.41, 5.74) is 1.74. The van der Waals surface area contributed by atoms with Gasteiger partial charge in [-0.2, -0.15) is 0 Å². The maximum atomic E-state index is 11.0. The van der Waals surface area contributed by atoms with Gasteiger partial charge in [0.25, 0.3) is 5.69 Å². The number of nitro benzene ring substituents is 1. The van der Waals surface area contributed by atoms with Crippen LogP contribution in [0.15, 0.2) is 18.2 Å². The highest BCUT2D eigenvalue weighted by Crippen LogP contribution is 2.26. The van der Waals surface area contributed by atoms with Crippen molar-refractivity contribution in [3.63, 3.8) is 0 Å². The molecule has 0 aromatic heterocycles. The zero-order chi connectivity index (χ0) is 15.0. The van der Waals surface area contributed by atoms with Gasteiger partial charge < -0.3 is 15.0 Å². The molecule has 112 valence electrons. The molecule has 1 aromatic rings. The van der Waals surface area contributed by atoms with E-state index in [-0.39, 0.29) is 10.6 Å². The van der Waals surface area contributed by atoms with Crippen molar-refractivity contribution >= 4 is 17.1 Å². The van der Waals surface area contributed by atoms with Crippen LogP contribution in [0.25, 0.3) is 0 Å². The van der Waals surface area contributed by atoms with E-state index in [2.05, 4.69) is 12.2 Å². The summed E-state index contributed by atoms with van der Waals surface area (Å²) < 4.78 is 5.02. The second-order valence-electron chi connectivity index (χ2n) is 4.69. The smallest absolute Gasteiger partial charge is 0.273 e. The predicted molar refractivity (Wildman–Crippen MR) is 81.6 cm³/mol. The van der Waals surface area contributed by atoms with E-state index < -0.39 is 0 Å². The van der Waals surface area contributed by atoms with Crippen molar-refractivity contribution < 1.29 is 9.66 Å². The molecule has 20 heavy (non-hydrogen) atoms. The molecule has 0 saturated heterocycles. The fraction of sp³-hybridized carbons (Fsp3) is 0.571. The highest BCUT2D eigenvalue weighted by molar-refractivity contribution is 5.64. The maximum absolute atomic E-state index is 11.0. The summed E-state index contributed by atoms with van der Waals surface area (Å²) in [7, 11) is 3.60. The second-order valence-corrected chi connectivity index (χ2v) is 4.69. The molecule has 0 unspecified atom stereocenters. The van der Waals surface area contributed by atoms with Gasteiger partial charge in [-0.05, 0) is 18.9 Å². The lowest BCUT2D eigenvalue weighted by Crippen LogP contribution is -2.20. The molecule has 0 bridgehead atoms. The Kier molecular flexibility index (Phi) is 6.79. The molecule has 1 aromatic carbocycles. The lowest BCUT2D eigenvalue weighted by Gasteiger charge is -2.20. The second kappa shape index (κ2) is 8.37. The van der Waals surface area contributed by atoms with Gasteiger partial charge in [0.05, 0.1) is 4.92 Å². The van der Waals surface area contributed by atoms with Crippen molar-refractivity contribution in [2.24, 2.45) is 0 Å². The average Bonchev–Trinajstić information content (AvgIpc) is 2.44. The van der Waals surface area contributed by atoms with E-state index in [0.717, 1.165) is 37.3 Å². The Bertz CT molecular complexity index is 438. The number of methoxy groups -OCH3 is 1. The van der Waals surface area contributed by atoms with Gasteiger partial charge in [-0.15, -0.1) is 0 Å². The normalized spacial score (nSPS) is 10.3. The molecule has 0 fully saturated rings. The fourth-order valence-electron chi connectivity index (χ4n) is 1.87. The molecule has 0 saturated carbocycles. The summed E-state index contributed by atoms with van der Waals surface area (Å²) in [5, 5.41) is 14.2. The van der Waals surface area contributed by atoms with E-state index >= 15 is 0 Å². The third kappa shape index (κ3) is 5.05. The molecule has 1 N–H and O–H groups in total. The molecule has 6 heteroatoms. The van der Waals surface area contributed by atoms with Gasteiger partial charge in [-0.25, -0.2) is 0 Å². The standard InChI is InChI=1S/C14H23N3O3/c1-4-6-15-12-9-13(11-14(10-12)17(18)19)16(2)7-5-8-20-3/h9-11,15H,4-8H2,1-3H3. The van der Waals surface area contributed by atoms with Crippen LogP contribution in [0.1, 0.15) is 19.8 Å². The number of rotatable bonds is 9. The summed E-state index contributed by atoms with van der Waals surface area (Å²) in [6, 6.07) is 5.11. The molecule has 0 amide bonds. The third-order valence-electron chi connectivity index (χ3n) is 2.98. The summed E-state index contributed by atoms with van der Waals surface area (Å²) in [5.74, 6) is 0. The monoisotopic (exact) mass is 281 g/mol. The Morgan fingerprint density at radius 1 is 1.40 bits per heavy atom. The minimum atomic E-state index is -0.358. The molecule has 0 heterocycles. The van der Waals surface area contributed by atoms with Gasteiger partial charge in [0.1, 0.15) is 0 Å². The minimum Gasteiger partial charge on any atom is -0.385 e. The van der Waals surface area contributed by atoms with Crippen molar-refractivity contribution in [2.45, 2.75) is 19.8 Å². The number of non-ortho nitro benzene ring substituents is 1. The van der Waals surface area contributed by atoms with Gasteiger partial charge in [0.15, 0.2) is 0 Å². The van der Waals surface area contributed by atoms with Crippen LogP contribution in [0, 0.1) is 10.1 Å². The van der Waals surface area contributed by atoms with E-state index in [1.807, 2.05) is 18.0 Å². The van der Waals surface area contributed by atoms with Crippen molar-refractivity contribution in [3.05, 3.63) is 28.3 Å². The van der Waals surface area contributed by atoms with E-state index in [0.29, 0.717) is 6.61 Å². The molecule has 6 nitrogen and oxygen atoms in total. The average molecular weight is 281 g/mol. The van der Waals surface area contributed by atoms with Crippen molar-refractivity contribution in [1.29, 1.82) is 0 Å². The number of nitrogens with one attached hydrogen (secondary N) is 1. The SMILES string of the molecule is CCCNc1cc(N(C)CCCOC)cc([N+](=O)[O-])c1. The lowest BCUT2D eigenvalue weighted by atomic mass is 10.2. The van der Waals surface area contributed by atoms with Gasteiger partial charge in [0, 0.05) is 57.4 Å². The molecule has 0 aliphatic carbocycles. The molecular weight excluding hydrogens is 258 g/mol. The van der Waals surface area contributed by atoms with Crippen LogP contribution < -0.4 is 10.2 Å². The quantitative estimate of drug-likeness (QED) is 0.428. The molecular formula is C14H23N3O3. The van der Waals surface area contributed by atoms with Crippen LogP contribution in [-0.4, -0.2) is 38.8 Å². The van der Waals surface area contributed by atoms with Crippen LogP contribution in [0.5, 0.6) is 0 Å². The largest absolute Gasteiger partial charge is 0.385 e. The molecule has 0 spiro atoms. The third-order valence-corrected chi connectivity index (χ3v) is 2.98. The highest BCUT2D eigenvalue weighted by Gasteiger charge is 2.12. The van der Waals surface area contributed by atoms with Gasteiger partial charge in [-0.1, -0.05) is 6.92 Å². The molecule has 1 rings (SSSR count). The van der Waals surface area contributed by atoms with E-state index in [9.17, 15) is 10.1 Å². The Morgan fingerprint density at radius 3 is 2.75 bits per heavy atom. The van der Waals surface area contributed by atoms with Crippen molar-refractivity contribution in [3.8, 4) is 0 Å². The topological polar surface area (TPSA) is 67.6 Å². The predicted octanol–water partition coefficient (Wildman–Crippen LogP) is 2.89. The van der Waals surface area contributed by atoms with Crippen molar-refractivity contribution in [1.82, 2.24) is 0 Å². The first-order chi connectivity index (χ1) is 9.58. The highest BCUT2D eigenvalue weighted by atomic mass is 16.6. The van der Waals surface area contributed by atoms with Crippen LogP contribution in [0.2, 0.25) is 0 Å².